The Morgan fingerprint density at radius 1 is 1.04 bits per heavy atom. The maximum absolute atomic E-state index is 13.0. The fourth-order valence-electron chi connectivity index (χ4n) is 1.64. The van der Waals surface area contributed by atoms with Gasteiger partial charge in [0.15, 0.2) is 6.61 Å². The molecule has 0 heterocycles. The van der Waals surface area contributed by atoms with Crippen LogP contribution in [0.4, 0.5) is 4.39 Å². The van der Waals surface area contributed by atoms with E-state index in [2.05, 4.69) is 4.74 Å². The van der Waals surface area contributed by atoms with Crippen LogP contribution < -0.4 is 0 Å². The summed E-state index contributed by atoms with van der Waals surface area (Å²) in [5.74, 6) is -3.88. The molecule has 136 valence electrons. The lowest BCUT2D eigenvalue weighted by atomic mass is 10.2. The second kappa shape index (κ2) is 9.48. The first-order valence-corrected chi connectivity index (χ1v) is 7.23. The molecule has 2 amide bonds. The molecular formula is C16H19FN2O6. The van der Waals surface area contributed by atoms with Gasteiger partial charge in [0.25, 0.3) is 11.8 Å². The number of hydrogen-bond acceptors (Lipinski definition) is 6. The summed E-state index contributed by atoms with van der Waals surface area (Å²) in [6, 6.07) is 5.24. The van der Waals surface area contributed by atoms with Crippen molar-refractivity contribution in [3.05, 3.63) is 35.6 Å². The highest BCUT2D eigenvalue weighted by molar-refractivity contribution is 6.36. The minimum Gasteiger partial charge on any atom is -0.463 e. The minimum atomic E-state index is -1.15. The number of rotatable bonds is 8. The SMILES string of the molecule is COC(=O)C(=O)CC(=O)N(Cc1ccc(F)cc1)OCC(=O)N(C)C. The zero-order valence-corrected chi connectivity index (χ0v) is 14.2. The Balaban J connectivity index is 2.83. The molecule has 0 bridgehead atoms. The highest BCUT2D eigenvalue weighted by atomic mass is 19.1. The molecule has 0 atom stereocenters. The highest BCUT2D eigenvalue weighted by Gasteiger charge is 2.24. The van der Waals surface area contributed by atoms with Gasteiger partial charge in [-0.3, -0.25) is 19.2 Å². The fraction of sp³-hybridized carbons (Fsp3) is 0.375. The van der Waals surface area contributed by atoms with Crippen LogP contribution in [0.1, 0.15) is 12.0 Å². The number of ether oxygens (including phenoxy) is 1. The molecule has 1 aromatic carbocycles. The molecule has 0 fully saturated rings. The van der Waals surface area contributed by atoms with Crippen molar-refractivity contribution < 1.29 is 33.1 Å². The molecule has 9 heteroatoms. The molecule has 0 aliphatic carbocycles. The summed E-state index contributed by atoms with van der Waals surface area (Å²) in [7, 11) is 4.05. The molecule has 8 nitrogen and oxygen atoms in total. The average Bonchev–Trinajstić information content (AvgIpc) is 2.58. The fourth-order valence-corrected chi connectivity index (χ4v) is 1.64. The summed E-state index contributed by atoms with van der Waals surface area (Å²) in [4.78, 5) is 52.9. The van der Waals surface area contributed by atoms with Gasteiger partial charge in [-0.25, -0.2) is 14.2 Å². The van der Waals surface area contributed by atoms with Crippen molar-refractivity contribution in [3.8, 4) is 0 Å². The van der Waals surface area contributed by atoms with Crippen LogP contribution in [0.3, 0.4) is 0 Å². The predicted molar refractivity (Wildman–Crippen MR) is 83.2 cm³/mol. The van der Waals surface area contributed by atoms with Crippen molar-refractivity contribution >= 4 is 23.6 Å². The maximum atomic E-state index is 13.0. The number of likely N-dealkylation sites (N-methyl/N-ethyl adjacent to an activating group) is 1. The number of benzene rings is 1. The largest absolute Gasteiger partial charge is 0.463 e. The average molecular weight is 354 g/mol. The van der Waals surface area contributed by atoms with E-state index in [1.807, 2.05) is 0 Å². The number of carbonyl (C=O) groups is 4. The van der Waals surface area contributed by atoms with Crippen LogP contribution in [0.2, 0.25) is 0 Å². The summed E-state index contributed by atoms with van der Waals surface area (Å²) in [6.07, 6.45) is -0.774. The van der Waals surface area contributed by atoms with Crippen LogP contribution in [0, 0.1) is 5.82 Å². The molecule has 0 aromatic heterocycles. The van der Waals surface area contributed by atoms with Crippen LogP contribution in [-0.2, 0) is 35.3 Å². The molecule has 0 saturated carbocycles. The van der Waals surface area contributed by atoms with Crippen molar-refractivity contribution in [2.24, 2.45) is 0 Å². The van der Waals surface area contributed by atoms with Gasteiger partial charge >= 0.3 is 5.97 Å². The van der Waals surface area contributed by atoms with Gasteiger partial charge in [-0.15, -0.1) is 0 Å². The number of halogens is 1. The molecule has 25 heavy (non-hydrogen) atoms. The van der Waals surface area contributed by atoms with E-state index in [1.54, 1.807) is 0 Å². The van der Waals surface area contributed by atoms with Crippen molar-refractivity contribution in [2.45, 2.75) is 13.0 Å². The van der Waals surface area contributed by atoms with Crippen molar-refractivity contribution in [3.63, 3.8) is 0 Å². The third-order valence-corrected chi connectivity index (χ3v) is 3.09. The van der Waals surface area contributed by atoms with E-state index < -0.39 is 42.4 Å². The smallest absolute Gasteiger partial charge is 0.374 e. The van der Waals surface area contributed by atoms with E-state index in [-0.39, 0.29) is 6.54 Å². The van der Waals surface area contributed by atoms with Crippen molar-refractivity contribution in [1.82, 2.24) is 9.96 Å². The van der Waals surface area contributed by atoms with Gasteiger partial charge in [0.2, 0.25) is 5.78 Å². The molecular weight excluding hydrogens is 335 g/mol. The molecule has 0 spiro atoms. The van der Waals surface area contributed by atoms with Gasteiger partial charge in [0.1, 0.15) is 5.82 Å². The molecule has 0 unspecified atom stereocenters. The second-order valence-corrected chi connectivity index (χ2v) is 5.21. The zero-order valence-electron chi connectivity index (χ0n) is 14.2. The standard InChI is InChI=1S/C16H19FN2O6/c1-18(2)15(22)10-25-19(9-11-4-6-12(17)7-5-11)14(21)8-13(20)16(23)24-3/h4-7H,8-10H2,1-3H3. The number of carbonyl (C=O) groups excluding carboxylic acids is 4. The van der Waals surface area contributed by atoms with Gasteiger partial charge in [-0.05, 0) is 17.7 Å². The minimum absolute atomic E-state index is 0.131. The number of ketones is 1. The Bertz CT molecular complexity index is 645. The topological polar surface area (TPSA) is 93.2 Å². The lowest BCUT2D eigenvalue weighted by Crippen LogP contribution is -2.37. The Labute approximate surface area is 144 Å². The monoisotopic (exact) mass is 354 g/mol. The number of Topliss-reactive ketones (excluding diaryl/α,β-unsaturated/α-hetero) is 1. The first-order chi connectivity index (χ1) is 11.7. The third kappa shape index (κ3) is 6.68. The third-order valence-electron chi connectivity index (χ3n) is 3.09. The number of hydrogen-bond donors (Lipinski definition) is 0. The summed E-state index contributed by atoms with van der Waals surface area (Å²) in [5, 5.41) is 0.787. The Morgan fingerprint density at radius 3 is 2.16 bits per heavy atom. The molecule has 1 rings (SSSR count). The lowest BCUT2D eigenvalue weighted by molar-refractivity contribution is -0.194. The molecule has 0 saturated heterocycles. The summed E-state index contributed by atoms with van der Waals surface area (Å²) < 4.78 is 17.2. The number of amides is 2. The lowest BCUT2D eigenvalue weighted by Gasteiger charge is -2.22. The van der Waals surface area contributed by atoms with E-state index in [0.717, 1.165) is 12.2 Å². The van der Waals surface area contributed by atoms with Crippen molar-refractivity contribution in [2.75, 3.05) is 27.8 Å². The number of nitrogens with zero attached hydrogens (tertiary/aromatic N) is 2. The van der Waals surface area contributed by atoms with Gasteiger partial charge in [-0.1, -0.05) is 12.1 Å². The second-order valence-electron chi connectivity index (χ2n) is 5.21. The van der Waals surface area contributed by atoms with Gasteiger partial charge < -0.3 is 9.64 Å². The molecule has 0 aliphatic rings. The van der Waals surface area contributed by atoms with E-state index in [1.165, 1.54) is 43.3 Å². The van der Waals surface area contributed by atoms with E-state index in [4.69, 9.17) is 4.84 Å². The maximum Gasteiger partial charge on any atom is 0.374 e. The van der Waals surface area contributed by atoms with E-state index in [0.29, 0.717) is 5.56 Å². The number of esters is 1. The quantitative estimate of drug-likeness (QED) is 0.289. The Kier molecular flexibility index (Phi) is 7.67. The first kappa shape index (κ1) is 20.2. The highest BCUT2D eigenvalue weighted by Crippen LogP contribution is 2.09. The van der Waals surface area contributed by atoms with Gasteiger partial charge in [0, 0.05) is 14.1 Å². The van der Waals surface area contributed by atoms with Crippen LogP contribution in [0.5, 0.6) is 0 Å². The van der Waals surface area contributed by atoms with Gasteiger partial charge in [0.05, 0.1) is 20.1 Å². The summed E-state index contributed by atoms with van der Waals surface area (Å²) >= 11 is 0. The Hall–Kier alpha value is -2.81. The molecule has 0 N–H and O–H groups in total. The summed E-state index contributed by atoms with van der Waals surface area (Å²) in [5.41, 5.74) is 0.512. The molecule has 0 radical (unpaired) electrons. The van der Waals surface area contributed by atoms with Crippen LogP contribution in [0.25, 0.3) is 0 Å². The number of hydroxylamine groups is 2. The molecule has 0 aliphatic heterocycles. The normalized spacial score (nSPS) is 10.1. The van der Waals surface area contributed by atoms with E-state index >= 15 is 0 Å². The van der Waals surface area contributed by atoms with Crippen molar-refractivity contribution in [1.29, 1.82) is 0 Å². The zero-order chi connectivity index (χ0) is 19.0. The predicted octanol–water partition coefficient (Wildman–Crippen LogP) is 0.306. The van der Waals surface area contributed by atoms with Crippen LogP contribution in [-0.4, -0.2) is 61.3 Å². The molecule has 1 aromatic rings. The van der Waals surface area contributed by atoms with Crippen LogP contribution >= 0.6 is 0 Å². The number of methoxy groups -OCH3 is 1. The van der Waals surface area contributed by atoms with Crippen LogP contribution in [0.15, 0.2) is 24.3 Å². The van der Waals surface area contributed by atoms with Gasteiger partial charge in [-0.2, -0.15) is 0 Å². The van der Waals surface area contributed by atoms with E-state index in [9.17, 15) is 23.6 Å². The summed E-state index contributed by atoms with van der Waals surface area (Å²) in [6.45, 7) is -0.569. The Morgan fingerprint density at radius 2 is 1.64 bits per heavy atom. The first-order valence-electron chi connectivity index (χ1n) is 7.23.